The first kappa shape index (κ1) is 28.0. The van der Waals surface area contributed by atoms with Crippen LogP contribution in [0.4, 0.5) is 10.5 Å². The van der Waals surface area contributed by atoms with Gasteiger partial charge in [-0.2, -0.15) is 0 Å². The van der Waals surface area contributed by atoms with Gasteiger partial charge >= 0.3 is 6.09 Å². The first-order valence-corrected chi connectivity index (χ1v) is 14.8. The number of ether oxygens (including phenoxy) is 3. The normalized spacial score (nSPS) is 18.4. The third kappa shape index (κ3) is 6.06. The molecule has 9 heteroatoms. The molecule has 0 radical (unpaired) electrons. The highest BCUT2D eigenvalue weighted by Gasteiger charge is 2.35. The Bertz CT molecular complexity index is 1410. The van der Waals surface area contributed by atoms with Crippen molar-refractivity contribution in [3.8, 4) is 11.5 Å². The number of methoxy groups -OCH3 is 1. The molecule has 2 aromatic carbocycles. The van der Waals surface area contributed by atoms with Gasteiger partial charge in [-0.15, -0.1) is 0 Å². The second-order valence-corrected chi connectivity index (χ2v) is 11.3. The van der Waals surface area contributed by atoms with Crippen LogP contribution in [-0.2, 0) is 17.9 Å². The lowest BCUT2D eigenvalue weighted by atomic mass is 10.00. The summed E-state index contributed by atoms with van der Waals surface area (Å²) in [4.78, 5) is 36.6. The number of piperidine rings is 2. The summed E-state index contributed by atoms with van der Waals surface area (Å²) >= 11 is 0. The molecular weight excluding hydrogens is 532 g/mol. The molecular formula is C33H38N4O5. The number of cyclic esters (lactones) is 1. The van der Waals surface area contributed by atoms with E-state index in [4.69, 9.17) is 14.2 Å². The summed E-state index contributed by atoms with van der Waals surface area (Å²) in [5.74, 6) is 1.15. The molecule has 0 atom stereocenters. The molecule has 6 rings (SSSR count). The highest BCUT2D eigenvalue weighted by molar-refractivity contribution is 5.97. The molecule has 0 bridgehead atoms. The summed E-state index contributed by atoms with van der Waals surface area (Å²) in [7, 11) is 1.58. The number of para-hydroxylation sites is 1. The number of fused-ring (bicyclic) bond motifs is 1. The number of hydrogen-bond acceptors (Lipinski definition) is 7. The Labute approximate surface area is 247 Å². The van der Waals surface area contributed by atoms with Crippen molar-refractivity contribution in [2.75, 3.05) is 38.2 Å². The van der Waals surface area contributed by atoms with Gasteiger partial charge in [-0.1, -0.05) is 24.3 Å². The number of rotatable bonds is 7. The molecule has 0 N–H and O–H groups in total. The minimum Gasteiger partial charge on any atom is -0.496 e. The lowest BCUT2D eigenvalue weighted by Gasteiger charge is -2.40. The Morgan fingerprint density at radius 2 is 1.79 bits per heavy atom. The molecule has 2 amide bonds. The molecule has 0 saturated carbocycles. The van der Waals surface area contributed by atoms with E-state index in [1.54, 1.807) is 18.1 Å². The fourth-order valence-electron chi connectivity index (χ4n) is 6.17. The summed E-state index contributed by atoms with van der Waals surface area (Å²) in [5, 5.41) is 0. The number of likely N-dealkylation sites (tertiary alicyclic amines) is 2. The van der Waals surface area contributed by atoms with E-state index in [1.807, 2.05) is 54.4 Å². The second-order valence-electron chi connectivity index (χ2n) is 11.3. The Kier molecular flexibility index (Phi) is 8.28. The summed E-state index contributed by atoms with van der Waals surface area (Å²) in [6, 6.07) is 17.5. The molecule has 0 spiro atoms. The van der Waals surface area contributed by atoms with Gasteiger partial charge in [-0.25, -0.2) is 4.79 Å². The van der Waals surface area contributed by atoms with E-state index >= 15 is 0 Å². The molecule has 3 aliphatic heterocycles. The predicted molar refractivity (Wildman–Crippen MR) is 159 cm³/mol. The minimum atomic E-state index is -0.315. The van der Waals surface area contributed by atoms with E-state index in [1.165, 1.54) is 5.56 Å². The number of carbonyl (C=O) groups excluding carboxylic acids is 2. The maximum absolute atomic E-state index is 13.5. The van der Waals surface area contributed by atoms with Crippen LogP contribution in [0.5, 0.6) is 11.5 Å². The largest absolute Gasteiger partial charge is 0.496 e. The molecule has 2 saturated heterocycles. The van der Waals surface area contributed by atoms with E-state index in [-0.39, 0.29) is 24.1 Å². The minimum absolute atomic E-state index is 0.0133. The molecule has 0 unspecified atom stereocenters. The third-order valence-electron chi connectivity index (χ3n) is 8.54. The van der Waals surface area contributed by atoms with Crippen molar-refractivity contribution in [1.82, 2.24) is 14.8 Å². The zero-order valence-corrected chi connectivity index (χ0v) is 24.3. The van der Waals surface area contributed by atoms with Crippen molar-refractivity contribution in [3.05, 3.63) is 83.2 Å². The number of anilines is 1. The lowest BCUT2D eigenvalue weighted by Crippen LogP contribution is -2.50. The van der Waals surface area contributed by atoms with Crippen LogP contribution in [0.25, 0.3) is 0 Å². The van der Waals surface area contributed by atoms with Crippen molar-refractivity contribution in [2.45, 2.75) is 57.9 Å². The van der Waals surface area contributed by atoms with Crippen LogP contribution < -0.4 is 14.4 Å². The van der Waals surface area contributed by atoms with Gasteiger partial charge in [0.15, 0.2) is 0 Å². The number of carbonyl (C=O) groups is 2. The molecule has 4 heterocycles. The molecule has 220 valence electrons. The maximum atomic E-state index is 13.5. The Hall–Kier alpha value is -4.11. The van der Waals surface area contributed by atoms with Crippen molar-refractivity contribution in [2.24, 2.45) is 0 Å². The smallest absolute Gasteiger partial charge is 0.414 e. The zero-order valence-electron chi connectivity index (χ0n) is 24.3. The van der Waals surface area contributed by atoms with E-state index in [9.17, 15) is 9.59 Å². The van der Waals surface area contributed by atoms with Gasteiger partial charge in [-0.3, -0.25) is 19.6 Å². The van der Waals surface area contributed by atoms with E-state index in [0.29, 0.717) is 49.6 Å². The highest BCUT2D eigenvalue weighted by Crippen LogP contribution is 2.33. The SMILES string of the molecule is COc1cc(OC2CCN(Cc3ccc(C)nc3)CC2)ccc1C(=O)N1CCC(N2C(=O)OCc3ccccc32)CC1. The summed E-state index contributed by atoms with van der Waals surface area (Å²) < 4.78 is 17.4. The summed E-state index contributed by atoms with van der Waals surface area (Å²) in [6.45, 7) is 6.22. The Balaban J connectivity index is 1.03. The average Bonchev–Trinajstić information content (AvgIpc) is 3.03. The van der Waals surface area contributed by atoms with Gasteiger partial charge < -0.3 is 19.1 Å². The summed E-state index contributed by atoms with van der Waals surface area (Å²) in [6.07, 6.45) is 4.99. The van der Waals surface area contributed by atoms with Crippen molar-refractivity contribution in [1.29, 1.82) is 0 Å². The number of amides is 2. The van der Waals surface area contributed by atoms with Gasteiger partial charge in [0, 0.05) is 62.3 Å². The van der Waals surface area contributed by atoms with Gasteiger partial charge in [0.1, 0.15) is 24.2 Å². The van der Waals surface area contributed by atoms with Crippen LogP contribution in [0, 0.1) is 6.92 Å². The molecule has 3 aliphatic rings. The number of pyridine rings is 1. The zero-order chi connectivity index (χ0) is 29.1. The molecule has 2 fully saturated rings. The second kappa shape index (κ2) is 12.4. The predicted octanol–water partition coefficient (Wildman–Crippen LogP) is 5.20. The highest BCUT2D eigenvalue weighted by atomic mass is 16.6. The van der Waals surface area contributed by atoms with Crippen LogP contribution in [-0.4, -0.2) is 72.2 Å². The molecule has 0 aliphatic carbocycles. The third-order valence-corrected chi connectivity index (χ3v) is 8.54. The molecule has 1 aromatic heterocycles. The van der Waals surface area contributed by atoms with Crippen LogP contribution in [0.15, 0.2) is 60.8 Å². The quantitative estimate of drug-likeness (QED) is 0.386. The topological polar surface area (TPSA) is 84.4 Å². The Morgan fingerprint density at radius 3 is 2.52 bits per heavy atom. The number of aromatic nitrogens is 1. The fraction of sp³-hybridized carbons (Fsp3) is 0.424. The van der Waals surface area contributed by atoms with Gasteiger partial charge in [0.05, 0.1) is 18.4 Å². The first-order chi connectivity index (χ1) is 20.5. The van der Waals surface area contributed by atoms with Crippen LogP contribution >= 0.6 is 0 Å². The van der Waals surface area contributed by atoms with E-state index in [2.05, 4.69) is 22.0 Å². The van der Waals surface area contributed by atoms with Crippen LogP contribution in [0.3, 0.4) is 0 Å². The number of hydrogen-bond donors (Lipinski definition) is 0. The maximum Gasteiger partial charge on any atom is 0.414 e. The van der Waals surface area contributed by atoms with Gasteiger partial charge in [0.25, 0.3) is 5.91 Å². The van der Waals surface area contributed by atoms with E-state index < -0.39 is 0 Å². The van der Waals surface area contributed by atoms with Crippen molar-refractivity contribution in [3.63, 3.8) is 0 Å². The number of nitrogens with zero attached hydrogens (tertiary/aromatic N) is 4. The van der Waals surface area contributed by atoms with Crippen molar-refractivity contribution >= 4 is 17.7 Å². The average molecular weight is 571 g/mol. The van der Waals surface area contributed by atoms with Crippen molar-refractivity contribution < 1.29 is 23.8 Å². The first-order valence-electron chi connectivity index (χ1n) is 14.8. The van der Waals surface area contributed by atoms with Gasteiger partial charge in [0.2, 0.25) is 0 Å². The number of aryl methyl sites for hydroxylation is 1. The molecule has 42 heavy (non-hydrogen) atoms. The Morgan fingerprint density at radius 1 is 1.00 bits per heavy atom. The molecule has 3 aromatic rings. The van der Waals surface area contributed by atoms with Crippen LogP contribution in [0.2, 0.25) is 0 Å². The van der Waals surface area contributed by atoms with E-state index in [0.717, 1.165) is 49.4 Å². The standard InChI is InChI=1S/C33H38N4O5/c1-23-7-8-24(20-34-23)21-35-15-13-27(14-16-35)42-28-9-10-29(31(19-28)40-2)32(38)36-17-11-26(12-18-36)37-30-6-4-3-5-25(30)22-41-33(37)39/h3-10,19-20,26-27H,11-18,21-22H2,1-2H3. The fourth-order valence-corrected chi connectivity index (χ4v) is 6.17. The van der Waals surface area contributed by atoms with Crippen LogP contribution in [0.1, 0.15) is 52.9 Å². The number of benzene rings is 2. The molecule has 9 nitrogen and oxygen atoms in total. The summed E-state index contributed by atoms with van der Waals surface area (Å²) in [5.41, 5.74) is 4.70. The lowest BCUT2D eigenvalue weighted by molar-refractivity contribution is 0.0705. The van der Waals surface area contributed by atoms with Gasteiger partial charge in [-0.05, 0) is 62.4 Å². The monoisotopic (exact) mass is 570 g/mol.